The van der Waals surface area contributed by atoms with Crippen molar-refractivity contribution in [1.29, 1.82) is 0 Å². The highest BCUT2D eigenvalue weighted by molar-refractivity contribution is 5.94. The Bertz CT molecular complexity index is 900. The molecule has 0 unspecified atom stereocenters. The Morgan fingerprint density at radius 2 is 1.52 bits per heavy atom. The minimum Gasteiger partial charge on any atom is -0.406 e. The average molecular weight is 357 g/mol. The Kier molecular flexibility index (Phi) is 4.06. The van der Waals surface area contributed by atoms with Gasteiger partial charge in [0.1, 0.15) is 5.75 Å². The third kappa shape index (κ3) is 3.84. The van der Waals surface area contributed by atoms with Gasteiger partial charge in [-0.2, -0.15) is 13.2 Å². The van der Waals surface area contributed by atoms with Crippen LogP contribution in [0, 0.1) is 0 Å². The molecule has 0 aliphatic rings. The molecular formula is C17H9F6NO. The van der Waals surface area contributed by atoms with Crippen molar-refractivity contribution in [3.8, 4) is 16.9 Å². The molecule has 130 valence electrons. The first kappa shape index (κ1) is 17.1. The number of benzene rings is 2. The maximum Gasteiger partial charge on any atom is 0.573 e. The van der Waals surface area contributed by atoms with Gasteiger partial charge in [0.25, 0.3) is 0 Å². The quantitative estimate of drug-likeness (QED) is 0.539. The van der Waals surface area contributed by atoms with Gasteiger partial charge in [-0.25, -0.2) is 0 Å². The maximum absolute atomic E-state index is 12.7. The summed E-state index contributed by atoms with van der Waals surface area (Å²) in [5, 5.41) is 0.374. The number of halogens is 6. The van der Waals surface area contributed by atoms with Crippen molar-refractivity contribution in [2.24, 2.45) is 0 Å². The van der Waals surface area contributed by atoms with Gasteiger partial charge in [-0.15, -0.1) is 13.2 Å². The van der Waals surface area contributed by atoms with Gasteiger partial charge < -0.3 is 4.74 Å². The van der Waals surface area contributed by atoms with Crippen molar-refractivity contribution in [3.05, 3.63) is 60.3 Å². The van der Waals surface area contributed by atoms with E-state index in [1.165, 1.54) is 30.5 Å². The van der Waals surface area contributed by atoms with Crippen LogP contribution in [0.15, 0.2) is 54.7 Å². The Morgan fingerprint density at radius 3 is 2.12 bits per heavy atom. The molecule has 25 heavy (non-hydrogen) atoms. The number of nitrogens with zero attached hydrogens (tertiary/aromatic N) is 1. The van der Waals surface area contributed by atoms with Crippen LogP contribution in [-0.2, 0) is 6.18 Å². The summed E-state index contributed by atoms with van der Waals surface area (Å²) in [7, 11) is 0. The molecule has 0 bridgehead atoms. The smallest absolute Gasteiger partial charge is 0.406 e. The predicted molar refractivity (Wildman–Crippen MR) is 78.9 cm³/mol. The molecule has 2 aromatic carbocycles. The van der Waals surface area contributed by atoms with Gasteiger partial charge in [0.05, 0.1) is 11.1 Å². The molecule has 0 spiro atoms. The number of aromatic nitrogens is 1. The first-order chi connectivity index (χ1) is 11.6. The number of fused-ring (bicyclic) bond motifs is 1. The molecule has 0 radical (unpaired) electrons. The third-order valence-electron chi connectivity index (χ3n) is 3.44. The van der Waals surface area contributed by atoms with Crippen LogP contribution in [0.4, 0.5) is 26.3 Å². The zero-order valence-electron chi connectivity index (χ0n) is 12.3. The summed E-state index contributed by atoms with van der Waals surface area (Å²) in [6.07, 6.45) is -7.94. The van der Waals surface area contributed by atoms with Crippen molar-refractivity contribution in [1.82, 2.24) is 4.98 Å². The number of hydrogen-bond acceptors (Lipinski definition) is 2. The van der Waals surface area contributed by atoms with Gasteiger partial charge in [0.2, 0.25) is 0 Å². The van der Waals surface area contributed by atoms with Crippen LogP contribution in [0.5, 0.6) is 5.75 Å². The molecular weight excluding hydrogens is 348 g/mol. The topological polar surface area (TPSA) is 22.1 Å². The number of rotatable bonds is 2. The molecule has 0 amide bonds. The Labute approximate surface area is 137 Å². The molecule has 3 aromatic rings. The lowest BCUT2D eigenvalue weighted by molar-refractivity contribution is -0.274. The van der Waals surface area contributed by atoms with E-state index in [-0.39, 0.29) is 5.56 Å². The molecule has 0 fully saturated rings. The third-order valence-corrected chi connectivity index (χ3v) is 3.44. The number of alkyl halides is 6. The second kappa shape index (κ2) is 5.94. The van der Waals surface area contributed by atoms with Crippen LogP contribution in [-0.4, -0.2) is 11.3 Å². The second-order valence-electron chi connectivity index (χ2n) is 5.17. The number of pyridine rings is 1. The summed E-state index contributed by atoms with van der Waals surface area (Å²) in [6, 6.07) is 9.44. The summed E-state index contributed by atoms with van der Waals surface area (Å²) >= 11 is 0. The van der Waals surface area contributed by atoms with Crippen molar-refractivity contribution in [3.63, 3.8) is 0 Å². The normalized spacial score (nSPS) is 12.4. The molecule has 2 nitrogen and oxygen atoms in total. The van der Waals surface area contributed by atoms with Crippen molar-refractivity contribution >= 4 is 10.9 Å². The molecule has 0 saturated carbocycles. The van der Waals surface area contributed by atoms with Gasteiger partial charge in [-0.3, -0.25) is 4.98 Å². The maximum atomic E-state index is 12.7. The van der Waals surface area contributed by atoms with Crippen LogP contribution in [0.3, 0.4) is 0 Å². The molecule has 1 heterocycles. The molecule has 0 N–H and O–H groups in total. The first-order valence-electron chi connectivity index (χ1n) is 6.96. The van der Waals surface area contributed by atoms with Gasteiger partial charge in [-0.05, 0) is 35.9 Å². The van der Waals surface area contributed by atoms with E-state index in [1.54, 1.807) is 6.07 Å². The van der Waals surface area contributed by atoms with Crippen molar-refractivity contribution in [2.45, 2.75) is 12.5 Å². The van der Waals surface area contributed by atoms with E-state index in [1.807, 2.05) is 0 Å². The van der Waals surface area contributed by atoms with E-state index >= 15 is 0 Å². The lowest BCUT2D eigenvalue weighted by atomic mass is 10.00. The van der Waals surface area contributed by atoms with E-state index in [4.69, 9.17) is 0 Å². The Hall–Kier alpha value is -2.77. The summed E-state index contributed by atoms with van der Waals surface area (Å²) in [6.45, 7) is 0. The number of hydrogen-bond donors (Lipinski definition) is 0. The van der Waals surface area contributed by atoms with Crippen LogP contribution in [0.2, 0.25) is 0 Å². The molecule has 0 saturated heterocycles. The fraction of sp³-hybridized carbons (Fsp3) is 0.118. The van der Waals surface area contributed by atoms with Crippen LogP contribution >= 0.6 is 0 Å². The molecule has 3 rings (SSSR count). The molecule has 0 atom stereocenters. The Morgan fingerprint density at radius 1 is 0.840 bits per heavy atom. The summed E-state index contributed by atoms with van der Waals surface area (Å²) in [4.78, 5) is 4.11. The first-order valence-corrected chi connectivity index (χ1v) is 6.96. The molecule has 0 aliphatic carbocycles. The number of ether oxygens (including phenoxy) is 1. The van der Waals surface area contributed by atoms with Crippen LogP contribution < -0.4 is 4.74 Å². The van der Waals surface area contributed by atoms with E-state index in [0.29, 0.717) is 16.5 Å². The van der Waals surface area contributed by atoms with E-state index in [0.717, 1.165) is 18.2 Å². The SMILES string of the molecule is FC(F)(F)Oc1cc(-c2ccc(C(F)(F)F)cc2)c2ncccc2c1. The monoisotopic (exact) mass is 357 g/mol. The highest BCUT2D eigenvalue weighted by Gasteiger charge is 2.32. The summed E-state index contributed by atoms with van der Waals surface area (Å²) < 4.78 is 79.4. The fourth-order valence-electron chi connectivity index (χ4n) is 2.42. The van der Waals surface area contributed by atoms with Gasteiger partial charge in [0.15, 0.2) is 0 Å². The zero-order chi connectivity index (χ0) is 18.2. The molecule has 0 aliphatic heterocycles. The summed E-state index contributed by atoms with van der Waals surface area (Å²) in [5.41, 5.74) is 0.0448. The predicted octanol–water partition coefficient (Wildman–Crippen LogP) is 5.82. The van der Waals surface area contributed by atoms with E-state index in [2.05, 4.69) is 9.72 Å². The fourth-order valence-corrected chi connectivity index (χ4v) is 2.42. The second-order valence-corrected chi connectivity index (χ2v) is 5.17. The molecule has 8 heteroatoms. The van der Waals surface area contributed by atoms with Gasteiger partial charge in [0, 0.05) is 17.1 Å². The zero-order valence-corrected chi connectivity index (χ0v) is 12.3. The van der Waals surface area contributed by atoms with Crippen LogP contribution in [0.25, 0.3) is 22.0 Å². The van der Waals surface area contributed by atoms with Gasteiger partial charge in [-0.1, -0.05) is 18.2 Å². The Balaban J connectivity index is 2.13. The summed E-state index contributed by atoms with van der Waals surface area (Å²) in [5.74, 6) is -0.470. The highest BCUT2D eigenvalue weighted by Crippen LogP contribution is 2.36. The van der Waals surface area contributed by atoms with Crippen molar-refractivity contribution < 1.29 is 31.1 Å². The van der Waals surface area contributed by atoms with E-state index < -0.39 is 23.9 Å². The molecule has 1 aromatic heterocycles. The lowest BCUT2D eigenvalue weighted by Gasteiger charge is -2.13. The highest BCUT2D eigenvalue weighted by atomic mass is 19.4. The van der Waals surface area contributed by atoms with Crippen LogP contribution in [0.1, 0.15) is 5.56 Å². The van der Waals surface area contributed by atoms with Gasteiger partial charge >= 0.3 is 12.5 Å². The van der Waals surface area contributed by atoms with E-state index in [9.17, 15) is 26.3 Å². The largest absolute Gasteiger partial charge is 0.573 e. The minimum atomic E-state index is -4.88. The standard InChI is InChI=1S/C17H9F6NO/c18-16(19,20)12-5-3-10(4-6-12)14-9-13(25-17(21,22)23)8-11-2-1-7-24-15(11)14/h1-9H. The lowest BCUT2D eigenvalue weighted by Crippen LogP contribution is -2.17. The minimum absolute atomic E-state index is 0.242. The van der Waals surface area contributed by atoms with Crippen molar-refractivity contribution in [2.75, 3.05) is 0 Å². The average Bonchev–Trinajstić information content (AvgIpc) is 2.52.